The minimum absolute atomic E-state index is 0.0977. The third-order valence-electron chi connectivity index (χ3n) is 3.51. The average Bonchev–Trinajstić information content (AvgIpc) is 2.96. The zero-order valence-corrected chi connectivity index (χ0v) is 12.8. The standard InChI is InChI=1S/C16H12F3N3O2/c1-9-3-5-10(6-4-9)12-7-13(16(17,18)19)22-14(21-12)11(8-20-22)15(23)24-2/h3-8H,1-2H3. The summed E-state index contributed by atoms with van der Waals surface area (Å²) in [5.74, 6) is -0.799. The SMILES string of the molecule is COC(=O)c1cnn2c(C(F)(F)F)cc(-c3ccc(C)cc3)nc12. The number of esters is 1. The fourth-order valence-corrected chi connectivity index (χ4v) is 2.29. The normalized spacial score (nSPS) is 11.7. The molecule has 0 aliphatic rings. The maximum absolute atomic E-state index is 13.4. The Hall–Kier alpha value is -2.90. The molecule has 0 spiro atoms. The summed E-state index contributed by atoms with van der Waals surface area (Å²) in [6, 6.07) is 7.79. The largest absolute Gasteiger partial charge is 0.465 e. The fourth-order valence-electron chi connectivity index (χ4n) is 2.29. The van der Waals surface area contributed by atoms with Gasteiger partial charge < -0.3 is 4.74 Å². The van der Waals surface area contributed by atoms with Crippen molar-refractivity contribution in [3.63, 3.8) is 0 Å². The van der Waals surface area contributed by atoms with E-state index in [1.807, 2.05) is 6.92 Å². The lowest BCUT2D eigenvalue weighted by Gasteiger charge is -2.11. The van der Waals surface area contributed by atoms with Crippen LogP contribution in [0.1, 0.15) is 21.6 Å². The molecule has 8 heteroatoms. The number of nitrogens with zero attached hydrogens (tertiary/aromatic N) is 3. The van der Waals surface area contributed by atoms with Crippen LogP contribution < -0.4 is 0 Å². The number of aryl methyl sites for hydroxylation is 1. The molecule has 0 saturated heterocycles. The van der Waals surface area contributed by atoms with Crippen molar-refractivity contribution < 1.29 is 22.7 Å². The van der Waals surface area contributed by atoms with Gasteiger partial charge in [-0.3, -0.25) is 0 Å². The van der Waals surface area contributed by atoms with E-state index in [1.165, 1.54) is 0 Å². The van der Waals surface area contributed by atoms with Crippen molar-refractivity contribution in [2.45, 2.75) is 13.1 Å². The maximum Gasteiger partial charge on any atom is 0.433 e. The summed E-state index contributed by atoms with van der Waals surface area (Å²) in [5.41, 5.74) is 0.226. The molecule has 0 atom stereocenters. The van der Waals surface area contributed by atoms with Crippen molar-refractivity contribution in [3.05, 3.63) is 53.3 Å². The Morgan fingerprint density at radius 3 is 2.46 bits per heavy atom. The summed E-state index contributed by atoms with van der Waals surface area (Å²) < 4.78 is 45.3. The van der Waals surface area contributed by atoms with Crippen LogP contribution in [0.25, 0.3) is 16.9 Å². The second-order valence-electron chi connectivity index (χ2n) is 5.18. The number of carbonyl (C=O) groups excluding carboxylic acids is 1. The molecule has 0 N–H and O–H groups in total. The highest BCUT2D eigenvalue weighted by Crippen LogP contribution is 2.32. The van der Waals surface area contributed by atoms with Gasteiger partial charge >= 0.3 is 12.1 Å². The lowest BCUT2D eigenvalue weighted by atomic mass is 10.1. The number of hydrogen-bond donors (Lipinski definition) is 0. The highest BCUT2D eigenvalue weighted by Gasteiger charge is 2.36. The molecule has 0 bridgehead atoms. The Labute approximate surface area is 134 Å². The van der Waals surface area contributed by atoms with Gasteiger partial charge in [-0.05, 0) is 13.0 Å². The third kappa shape index (κ3) is 2.70. The summed E-state index contributed by atoms with van der Waals surface area (Å²) in [4.78, 5) is 15.9. The van der Waals surface area contributed by atoms with E-state index in [2.05, 4.69) is 14.8 Å². The highest BCUT2D eigenvalue weighted by molar-refractivity contribution is 5.95. The van der Waals surface area contributed by atoms with Gasteiger partial charge in [-0.2, -0.15) is 18.3 Å². The molecule has 24 heavy (non-hydrogen) atoms. The molecule has 2 heterocycles. The molecule has 0 unspecified atom stereocenters. The number of fused-ring (bicyclic) bond motifs is 1. The van der Waals surface area contributed by atoms with E-state index in [-0.39, 0.29) is 16.9 Å². The molecule has 5 nitrogen and oxygen atoms in total. The van der Waals surface area contributed by atoms with Crippen molar-refractivity contribution in [1.82, 2.24) is 14.6 Å². The van der Waals surface area contributed by atoms with Crippen molar-refractivity contribution in [1.29, 1.82) is 0 Å². The zero-order valence-electron chi connectivity index (χ0n) is 12.8. The monoisotopic (exact) mass is 335 g/mol. The van der Waals surface area contributed by atoms with E-state index in [9.17, 15) is 18.0 Å². The molecule has 0 fully saturated rings. The van der Waals surface area contributed by atoms with Crippen LogP contribution in [0, 0.1) is 6.92 Å². The van der Waals surface area contributed by atoms with Gasteiger partial charge in [0.15, 0.2) is 11.3 Å². The Bertz CT molecular complexity index is 915. The molecule has 1 aromatic carbocycles. The van der Waals surface area contributed by atoms with Crippen LogP contribution in [0.5, 0.6) is 0 Å². The van der Waals surface area contributed by atoms with Crippen LogP contribution >= 0.6 is 0 Å². The summed E-state index contributed by atoms with van der Waals surface area (Å²) in [6.45, 7) is 1.87. The minimum Gasteiger partial charge on any atom is -0.465 e. The molecular formula is C16H12F3N3O2. The van der Waals surface area contributed by atoms with Gasteiger partial charge in [-0.15, -0.1) is 0 Å². The highest BCUT2D eigenvalue weighted by atomic mass is 19.4. The first-order chi connectivity index (χ1) is 11.3. The molecule has 0 radical (unpaired) electrons. The van der Waals surface area contributed by atoms with Crippen LogP contribution in [0.15, 0.2) is 36.5 Å². The number of alkyl halides is 3. The molecule has 0 amide bonds. The van der Waals surface area contributed by atoms with Crippen LogP contribution in [-0.2, 0) is 10.9 Å². The predicted octanol–water partition coefficient (Wildman–Crippen LogP) is 3.51. The number of rotatable bonds is 2. The van der Waals surface area contributed by atoms with Crippen molar-refractivity contribution in [2.75, 3.05) is 7.11 Å². The van der Waals surface area contributed by atoms with E-state index < -0.39 is 17.8 Å². The van der Waals surface area contributed by atoms with Gasteiger partial charge in [0, 0.05) is 5.56 Å². The number of aromatic nitrogens is 3. The first-order valence-corrected chi connectivity index (χ1v) is 6.92. The summed E-state index contributed by atoms with van der Waals surface area (Å²) in [7, 11) is 1.14. The molecule has 0 aliphatic carbocycles. The Morgan fingerprint density at radius 1 is 1.21 bits per heavy atom. The number of halogens is 3. The second-order valence-corrected chi connectivity index (χ2v) is 5.18. The van der Waals surface area contributed by atoms with Crippen LogP contribution in [-0.4, -0.2) is 27.7 Å². The second kappa shape index (κ2) is 5.63. The van der Waals surface area contributed by atoms with Gasteiger partial charge in [0.1, 0.15) is 5.56 Å². The number of methoxy groups -OCH3 is 1. The van der Waals surface area contributed by atoms with Gasteiger partial charge in [0.2, 0.25) is 0 Å². The molecule has 0 aliphatic heterocycles. The number of ether oxygens (including phenoxy) is 1. The fraction of sp³-hybridized carbons (Fsp3) is 0.188. The molecule has 3 aromatic rings. The van der Waals surface area contributed by atoms with Crippen LogP contribution in [0.4, 0.5) is 13.2 Å². The first kappa shape index (κ1) is 16.0. The Kier molecular flexibility index (Phi) is 3.75. The molecule has 3 rings (SSSR count). The van der Waals surface area contributed by atoms with Gasteiger partial charge in [0.05, 0.1) is 19.0 Å². The summed E-state index contributed by atoms with van der Waals surface area (Å²) >= 11 is 0. The molecule has 124 valence electrons. The van der Waals surface area contributed by atoms with Gasteiger partial charge in [-0.25, -0.2) is 14.3 Å². The van der Waals surface area contributed by atoms with E-state index >= 15 is 0 Å². The number of benzene rings is 1. The molecule has 0 saturated carbocycles. The lowest BCUT2D eigenvalue weighted by Crippen LogP contribution is -2.14. The summed E-state index contributed by atoms with van der Waals surface area (Å²) in [5, 5.41) is 3.64. The topological polar surface area (TPSA) is 56.5 Å². The van der Waals surface area contributed by atoms with E-state index in [0.29, 0.717) is 10.1 Å². The van der Waals surface area contributed by atoms with E-state index in [1.54, 1.807) is 24.3 Å². The number of hydrogen-bond acceptors (Lipinski definition) is 4. The summed E-state index contributed by atoms with van der Waals surface area (Å²) in [6.07, 6.45) is -3.64. The van der Waals surface area contributed by atoms with Crippen molar-refractivity contribution >= 4 is 11.6 Å². The van der Waals surface area contributed by atoms with Gasteiger partial charge in [0.25, 0.3) is 0 Å². The smallest absolute Gasteiger partial charge is 0.433 e. The zero-order chi connectivity index (χ0) is 17.5. The molecular weight excluding hydrogens is 323 g/mol. The minimum atomic E-state index is -4.65. The van der Waals surface area contributed by atoms with Crippen molar-refractivity contribution in [3.8, 4) is 11.3 Å². The van der Waals surface area contributed by atoms with Gasteiger partial charge in [-0.1, -0.05) is 29.8 Å². The third-order valence-corrected chi connectivity index (χ3v) is 3.51. The Morgan fingerprint density at radius 2 is 1.88 bits per heavy atom. The molecule has 2 aromatic heterocycles. The lowest BCUT2D eigenvalue weighted by molar-refractivity contribution is -0.142. The number of carbonyl (C=O) groups is 1. The Balaban J connectivity index is 2.31. The average molecular weight is 335 g/mol. The maximum atomic E-state index is 13.4. The quantitative estimate of drug-likeness (QED) is 0.673. The first-order valence-electron chi connectivity index (χ1n) is 6.92. The van der Waals surface area contributed by atoms with Crippen LogP contribution in [0.2, 0.25) is 0 Å². The predicted molar refractivity (Wildman–Crippen MR) is 79.5 cm³/mol. The van der Waals surface area contributed by atoms with E-state index in [4.69, 9.17) is 0 Å². The van der Waals surface area contributed by atoms with E-state index in [0.717, 1.165) is 24.9 Å². The van der Waals surface area contributed by atoms with Crippen LogP contribution in [0.3, 0.4) is 0 Å². The van der Waals surface area contributed by atoms with Crippen molar-refractivity contribution in [2.24, 2.45) is 0 Å².